The van der Waals surface area contributed by atoms with Crippen molar-refractivity contribution >= 4 is 28.6 Å². The molecule has 0 N–H and O–H groups in total. The number of hydrogen-bond acceptors (Lipinski definition) is 5. The minimum atomic E-state index is -0.220. The molecule has 0 bridgehead atoms. The first-order valence-electron chi connectivity index (χ1n) is 8.29. The van der Waals surface area contributed by atoms with Crippen LogP contribution < -0.4 is 0 Å². The number of ether oxygens (including phenoxy) is 1. The summed E-state index contributed by atoms with van der Waals surface area (Å²) in [6.45, 7) is 2.01. The highest BCUT2D eigenvalue weighted by molar-refractivity contribution is 7.99. The maximum Gasteiger partial charge on any atom is 0.316 e. The molecule has 1 saturated carbocycles. The molecule has 1 heterocycles. The van der Waals surface area contributed by atoms with Crippen LogP contribution in [0.3, 0.4) is 0 Å². The molecule has 2 aromatic rings. The Balaban J connectivity index is 1.69. The van der Waals surface area contributed by atoms with E-state index >= 15 is 0 Å². The van der Waals surface area contributed by atoms with Gasteiger partial charge in [-0.25, -0.2) is 4.98 Å². The highest BCUT2D eigenvalue weighted by atomic mass is 32.2. The van der Waals surface area contributed by atoms with Gasteiger partial charge in [0, 0.05) is 5.39 Å². The second-order valence-corrected chi connectivity index (χ2v) is 7.15. The third-order valence-corrected chi connectivity index (χ3v) is 5.20. The molecule has 1 aromatic heterocycles. The molecular formula is C19H20N2O2S. The van der Waals surface area contributed by atoms with E-state index in [4.69, 9.17) is 4.74 Å². The first-order chi connectivity index (χ1) is 11.7. The van der Waals surface area contributed by atoms with E-state index < -0.39 is 0 Å². The van der Waals surface area contributed by atoms with Crippen molar-refractivity contribution in [1.82, 2.24) is 4.98 Å². The number of carbonyl (C=O) groups excluding carboxylic acids is 1. The van der Waals surface area contributed by atoms with E-state index in [-0.39, 0.29) is 17.8 Å². The molecule has 1 aliphatic rings. The SMILES string of the molecule is Cc1ccc2cc(C#N)c(SCC(=O)OC3CCCCC3)nc2c1. The molecule has 0 saturated heterocycles. The lowest BCUT2D eigenvalue weighted by atomic mass is 9.98. The molecule has 3 rings (SSSR count). The van der Waals surface area contributed by atoms with Gasteiger partial charge in [0.15, 0.2) is 0 Å². The maximum absolute atomic E-state index is 12.0. The summed E-state index contributed by atoms with van der Waals surface area (Å²) in [5, 5.41) is 10.9. The zero-order valence-corrected chi connectivity index (χ0v) is 14.6. The number of pyridine rings is 1. The Bertz CT molecular complexity index is 792. The summed E-state index contributed by atoms with van der Waals surface area (Å²) in [5.74, 6) is -0.0305. The van der Waals surface area contributed by atoms with Gasteiger partial charge in [-0.05, 0) is 50.3 Å². The molecule has 1 aromatic carbocycles. The fourth-order valence-corrected chi connectivity index (χ4v) is 3.73. The van der Waals surface area contributed by atoms with Gasteiger partial charge in [0.2, 0.25) is 0 Å². The number of nitrogens with zero attached hydrogens (tertiary/aromatic N) is 2. The molecule has 0 atom stereocenters. The van der Waals surface area contributed by atoms with Gasteiger partial charge in [-0.3, -0.25) is 4.79 Å². The predicted octanol–water partition coefficient (Wildman–Crippen LogP) is 4.38. The van der Waals surface area contributed by atoms with Crippen LogP contribution in [-0.2, 0) is 9.53 Å². The van der Waals surface area contributed by atoms with Gasteiger partial charge in [0.05, 0.1) is 16.8 Å². The molecule has 24 heavy (non-hydrogen) atoms. The number of benzene rings is 1. The van der Waals surface area contributed by atoms with Crippen molar-refractivity contribution in [3.8, 4) is 6.07 Å². The summed E-state index contributed by atoms with van der Waals surface area (Å²) in [4.78, 5) is 16.6. The third-order valence-electron chi connectivity index (χ3n) is 4.24. The first-order valence-corrected chi connectivity index (χ1v) is 9.28. The first kappa shape index (κ1) is 16.8. The predicted molar refractivity (Wildman–Crippen MR) is 94.9 cm³/mol. The summed E-state index contributed by atoms with van der Waals surface area (Å²) in [6, 6.07) is 9.95. The van der Waals surface area contributed by atoms with Crippen molar-refractivity contribution in [3.63, 3.8) is 0 Å². The second-order valence-electron chi connectivity index (χ2n) is 6.19. The average molecular weight is 340 g/mol. The number of carbonyl (C=O) groups is 1. The minimum absolute atomic E-state index is 0.0644. The third kappa shape index (κ3) is 4.07. The smallest absolute Gasteiger partial charge is 0.316 e. The standard InChI is InChI=1S/C19H20N2O2S/c1-13-7-8-14-10-15(11-20)19(21-17(14)9-13)24-12-18(22)23-16-5-3-2-4-6-16/h7-10,16H,2-6,12H2,1H3. The highest BCUT2D eigenvalue weighted by Crippen LogP contribution is 2.26. The van der Waals surface area contributed by atoms with Gasteiger partial charge >= 0.3 is 5.97 Å². The number of esters is 1. The van der Waals surface area contributed by atoms with Crippen LogP contribution in [0, 0.1) is 18.3 Å². The second kappa shape index (κ2) is 7.67. The van der Waals surface area contributed by atoms with Gasteiger partial charge in [-0.1, -0.05) is 30.3 Å². The van der Waals surface area contributed by atoms with E-state index in [2.05, 4.69) is 11.1 Å². The fraction of sp³-hybridized carbons (Fsp3) is 0.421. The monoisotopic (exact) mass is 340 g/mol. The Kier molecular flexibility index (Phi) is 5.37. The number of thioether (sulfide) groups is 1. The molecule has 0 spiro atoms. The van der Waals surface area contributed by atoms with Crippen molar-refractivity contribution in [1.29, 1.82) is 5.26 Å². The summed E-state index contributed by atoms with van der Waals surface area (Å²) in [5.41, 5.74) is 2.46. The van der Waals surface area contributed by atoms with Crippen molar-refractivity contribution in [2.24, 2.45) is 0 Å². The van der Waals surface area contributed by atoms with E-state index in [9.17, 15) is 10.1 Å². The van der Waals surface area contributed by atoms with Crippen molar-refractivity contribution < 1.29 is 9.53 Å². The minimum Gasteiger partial charge on any atom is -0.462 e. The molecule has 0 unspecified atom stereocenters. The quantitative estimate of drug-likeness (QED) is 0.610. The molecule has 124 valence electrons. The Morgan fingerprint density at radius 3 is 2.88 bits per heavy atom. The Labute approximate surface area is 146 Å². The largest absolute Gasteiger partial charge is 0.462 e. The van der Waals surface area contributed by atoms with Crippen LogP contribution in [0.5, 0.6) is 0 Å². The van der Waals surface area contributed by atoms with Crippen LogP contribution in [0.15, 0.2) is 29.3 Å². The van der Waals surface area contributed by atoms with Crippen LogP contribution in [0.25, 0.3) is 10.9 Å². The normalized spacial score (nSPS) is 15.2. The van der Waals surface area contributed by atoms with Crippen molar-refractivity contribution in [2.75, 3.05) is 5.75 Å². The van der Waals surface area contributed by atoms with Crippen molar-refractivity contribution in [3.05, 3.63) is 35.4 Å². The summed E-state index contributed by atoms with van der Waals surface area (Å²) >= 11 is 1.28. The molecular weight excluding hydrogens is 320 g/mol. The average Bonchev–Trinajstić information content (AvgIpc) is 2.60. The molecule has 5 heteroatoms. The van der Waals surface area contributed by atoms with Crippen LogP contribution >= 0.6 is 11.8 Å². The zero-order valence-electron chi connectivity index (χ0n) is 13.7. The summed E-state index contributed by atoms with van der Waals surface area (Å²) in [7, 11) is 0. The van der Waals surface area contributed by atoms with E-state index in [1.165, 1.54) is 18.2 Å². The summed E-state index contributed by atoms with van der Waals surface area (Å²) < 4.78 is 5.52. The molecule has 0 aliphatic heterocycles. The van der Waals surface area contributed by atoms with E-state index in [1.807, 2.05) is 31.2 Å². The molecule has 1 aliphatic carbocycles. The molecule has 1 fully saturated rings. The maximum atomic E-state index is 12.0. The van der Waals surface area contributed by atoms with Crippen LogP contribution in [-0.4, -0.2) is 22.8 Å². The number of aryl methyl sites for hydroxylation is 1. The lowest BCUT2D eigenvalue weighted by molar-refractivity contribution is -0.147. The zero-order chi connectivity index (χ0) is 16.9. The Morgan fingerprint density at radius 1 is 1.33 bits per heavy atom. The van der Waals surface area contributed by atoms with Gasteiger partial charge < -0.3 is 4.74 Å². The van der Waals surface area contributed by atoms with Gasteiger partial charge in [0.1, 0.15) is 17.2 Å². The summed E-state index contributed by atoms with van der Waals surface area (Å²) in [6.07, 6.45) is 5.49. The topological polar surface area (TPSA) is 63.0 Å². The molecule has 0 amide bonds. The number of fused-ring (bicyclic) bond motifs is 1. The fourth-order valence-electron chi connectivity index (χ4n) is 2.98. The number of rotatable bonds is 4. The number of nitriles is 1. The molecule has 4 nitrogen and oxygen atoms in total. The Hall–Kier alpha value is -2.06. The van der Waals surface area contributed by atoms with E-state index in [0.717, 1.165) is 42.1 Å². The Morgan fingerprint density at radius 2 is 2.12 bits per heavy atom. The number of hydrogen-bond donors (Lipinski definition) is 0. The van der Waals surface area contributed by atoms with E-state index in [1.54, 1.807) is 0 Å². The number of aromatic nitrogens is 1. The van der Waals surface area contributed by atoms with Gasteiger partial charge in [-0.15, -0.1) is 0 Å². The van der Waals surface area contributed by atoms with Crippen LogP contribution in [0.1, 0.15) is 43.2 Å². The van der Waals surface area contributed by atoms with Gasteiger partial charge in [-0.2, -0.15) is 5.26 Å². The van der Waals surface area contributed by atoms with Gasteiger partial charge in [0.25, 0.3) is 0 Å². The van der Waals surface area contributed by atoms with Crippen molar-refractivity contribution in [2.45, 2.75) is 50.2 Å². The lowest BCUT2D eigenvalue weighted by Gasteiger charge is -2.21. The van der Waals surface area contributed by atoms with Crippen LogP contribution in [0.4, 0.5) is 0 Å². The van der Waals surface area contributed by atoms with E-state index in [0.29, 0.717) is 10.6 Å². The highest BCUT2D eigenvalue weighted by Gasteiger charge is 2.18. The van der Waals surface area contributed by atoms with Crippen LogP contribution in [0.2, 0.25) is 0 Å². The lowest BCUT2D eigenvalue weighted by Crippen LogP contribution is -2.21. The molecule has 0 radical (unpaired) electrons.